The number of hydrazine groups is 1. The van der Waals surface area contributed by atoms with Crippen molar-refractivity contribution >= 4 is 5.95 Å². The van der Waals surface area contributed by atoms with Gasteiger partial charge in [0.1, 0.15) is 0 Å². The van der Waals surface area contributed by atoms with Gasteiger partial charge < -0.3 is 9.47 Å². The van der Waals surface area contributed by atoms with E-state index in [2.05, 4.69) is 15.4 Å². The Morgan fingerprint density at radius 1 is 1.32 bits per heavy atom. The Morgan fingerprint density at radius 3 is 2.79 bits per heavy atom. The molecule has 19 heavy (non-hydrogen) atoms. The molecule has 0 fully saturated rings. The van der Waals surface area contributed by atoms with E-state index in [0.717, 1.165) is 11.8 Å². The topological polar surface area (TPSA) is 82.3 Å². The molecule has 2 aromatic rings. The fourth-order valence-corrected chi connectivity index (χ4v) is 1.46. The molecule has 0 bridgehead atoms. The summed E-state index contributed by atoms with van der Waals surface area (Å²) in [6.45, 7) is 1.91. The Bertz CT molecular complexity index is 592. The lowest BCUT2D eigenvalue weighted by Gasteiger charge is -2.11. The van der Waals surface area contributed by atoms with Crippen LogP contribution in [-0.2, 0) is 0 Å². The van der Waals surface area contributed by atoms with E-state index in [4.69, 9.17) is 15.3 Å². The fraction of sp³-hybridized carbons (Fsp3) is 0.167. The number of nitrogens with two attached hydrogens (primary N) is 1. The summed E-state index contributed by atoms with van der Waals surface area (Å²) in [5.74, 6) is 5.14. The van der Waals surface area contributed by atoms with Gasteiger partial charge in [-0.15, -0.1) is 0 Å². The number of nitrogen functional groups attached to an aromatic ring is 1. The van der Waals surface area contributed by atoms with Crippen LogP contribution in [0.2, 0.25) is 0 Å². The van der Waals surface area contributed by atoms with Gasteiger partial charge in [-0.1, -0.05) is 6.07 Å². The number of aryl methyl sites for hydroxylation is 1. The van der Waals surface area contributed by atoms with E-state index in [1.807, 2.05) is 13.0 Å². The van der Waals surface area contributed by atoms with Gasteiger partial charge in [-0.05, 0) is 24.6 Å². The lowest BCUT2D eigenvalue weighted by atomic mass is 10.2. The minimum atomic E-state index is -0.693. The quantitative estimate of drug-likeness (QED) is 0.649. The van der Waals surface area contributed by atoms with Gasteiger partial charge in [0.2, 0.25) is 11.8 Å². The van der Waals surface area contributed by atoms with Crippen molar-refractivity contribution in [3.05, 3.63) is 35.8 Å². The van der Waals surface area contributed by atoms with Crippen molar-refractivity contribution in [1.82, 2.24) is 9.97 Å². The van der Waals surface area contributed by atoms with Gasteiger partial charge in [0.05, 0.1) is 13.3 Å². The van der Waals surface area contributed by atoms with E-state index in [0.29, 0.717) is 11.5 Å². The predicted octanol–water partition coefficient (Wildman–Crippen LogP) is 2.01. The summed E-state index contributed by atoms with van der Waals surface area (Å²) >= 11 is 0. The summed E-state index contributed by atoms with van der Waals surface area (Å²) in [5.41, 5.74) is 3.21. The largest absolute Gasteiger partial charge is 0.493 e. The number of hydrogen-bond acceptors (Lipinski definition) is 6. The molecule has 0 saturated heterocycles. The van der Waals surface area contributed by atoms with Gasteiger partial charge in [0, 0.05) is 0 Å². The number of anilines is 1. The molecular formula is C12H13FN4O2. The molecule has 1 heterocycles. The number of benzene rings is 1. The number of halogens is 1. The average molecular weight is 264 g/mol. The highest BCUT2D eigenvalue weighted by atomic mass is 19.1. The number of hydrogen-bond donors (Lipinski definition) is 2. The van der Waals surface area contributed by atoms with Crippen LogP contribution in [0, 0.1) is 12.7 Å². The van der Waals surface area contributed by atoms with Crippen LogP contribution in [0.4, 0.5) is 10.3 Å². The molecule has 0 radical (unpaired) electrons. The van der Waals surface area contributed by atoms with Gasteiger partial charge >= 0.3 is 0 Å². The van der Waals surface area contributed by atoms with Gasteiger partial charge in [-0.2, -0.15) is 9.37 Å². The Balaban J connectivity index is 2.35. The molecule has 0 spiro atoms. The van der Waals surface area contributed by atoms with Crippen molar-refractivity contribution < 1.29 is 13.9 Å². The van der Waals surface area contributed by atoms with E-state index in [1.165, 1.54) is 7.11 Å². The zero-order valence-electron chi connectivity index (χ0n) is 10.5. The van der Waals surface area contributed by atoms with E-state index in [1.54, 1.807) is 12.1 Å². The Labute approximate surface area is 109 Å². The number of rotatable bonds is 4. The van der Waals surface area contributed by atoms with Gasteiger partial charge in [0.15, 0.2) is 11.5 Å². The maximum absolute atomic E-state index is 13.5. The monoisotopic (exact) mass is 264 g/mol. The molecule has 6 nitrogen and oxygen atoms in total. The first-order chi connectivity index (χ1) is 9.13. The lowest BCUT2D eigenvalue weighted by Crippen LogP contribution is -2.11. The molecule has 3 N–H and O–H groups in total. The smallest absolute Gasteiger partial charge is 0.261 e. The minimum absolute atomic E-state index is 0.0579. The van der Waals surface area contributed by atoms with Gasteiger partial charge in [-0.3, -0.25) is 5.43 Å². The van der Waals surface area contributed by atoms with Crippen LogP contribution in [0.3, 0.4) is 0 Å². The maximum atomic E-state index is 13.5. The molecule has 7 heteroatoms. The Morgan fingerprint density at radius 2 is 2.11 bits per heavy atom. The minimum Gasteiger partial charge on any atom is -0.493 e. The third-order valence-corrected chi connectivity index (χ3v) is 2.37. The molecule has 1 aromatic heterocycles. The second-order valence-electron chi connectivity index (χ2n) is 3.75. The summed E-state index contributed by atoms with van der Waals surface area (Å²) < 4.78 is 24.1. The highest BCUT2D eigenvalue weighted by Gasteiger charge is 2.12. The third-order valence-electron chi connectivity index (χ3n) is 2.37. The maximum Gasteiger partial charge on any atom is 0.261 e. The second kappa shape index (κ2) is 5.49. The van der Waals surface area contributed by atoms with Crippen LogP contribution in [0.25, 0.3) is 0 Å². The SMILES string of the molecule is COc1cc(C)ccc1Oc1nc(NN)ncc1F. The van der Waals surface area contributed by atoms with Gasteiger partial charge in [0.25, 0.3) is 5.88 Å². The van der Waals surface area contributed by atoms with Crippen LogP contribution in [0.5, 0.6) is 17.4 Å². The number of aromatic nitrogens is 2. The Kier molecular flexibility index (Phi) is 3.76. The summed E-state index contributed by atoms with van der Waals surface area (Å²) in [4.78, 5) is 7.41. The fourth-order valence-electron chi connectivity index (χ4n) is 1.46. The zero-order valence-corrected chi connectivity index (χ0v) is 10.5. The van der Waals surface area contributed by atoms with Crippen molar-refractivity contribution in [1.29, 1.82) is 0 Å². The molecular weight excluding hydrogens is 251 g/mol. The molecule has 1 aromatic carbocycles. The summed E-state index contributed by atoms with van der Waals surface area (Å²) in [5, 5.41) is 0. The normalized spacial score (nSPS) is 10.1. The van der Waals surface area contributed by atoms with E-state index in [9.17, 15) is 4.39 Å². The van der Waals surface area contributed by atoms with Crippen molar-refractivity contribution in [2.24, 2.45) is 5.84 Å². The van der Waals surface area contributed by atoms with Crippen molar-refractivity contribution in [2.75, 3.05) is 12.5 Å². The van der Waals surface area contributed by atoms with Crippen LogP contribution in [0.1, 0.15) is 5.56 Å². The van der Waals surface area contributed by atoms with Crippen LogP contribution < -0.4 is 20.7 Å². The molecule has 100 valence electrons. The zero-order chi connectivity index (χ0) is 13.8. The lowest BCUT2D eigenvalue weighted by molar-refractivity contribution is 0.363. The number of methoxy groups -OCH3 is 1. The van der Waals surface area contributed by atoms with Crippen molar-refractivity contribution in [3.8, 4) is 17.4 Å². The molecule has 0 aliphatic heterocycles. The van der Waals surface area contributed by atoms with Crippen LogP contribution >= 0.6 is 0 Å². The first-order valence-corrected chi connectivity index (χ1v) is 5.45. The third kappa shape index (κ3) is 2.89. The average Bonchev–Trinajstić information content (AvgIpc) is 2.43. The molecule has 0 unspecified atom stereocenters. The first kappa shape index (κ1) is 13.0. The van der Waals surface area contributed by atoms with E-state index in [-0.39, 0.29) is 11.8 Å². The van der Waals surface area contributed by atoms with Crippen molar-refractivity contribution in [3.63, 3.8) is 0 Å². The number of nitrogens with zero attached hydrogens (tertiary/aromatic N) is 2. The molecule has 0 saturated carbocycles. The molecule has 0 aliphatic rings. The van der Waals surface area contributed by atoms with Crippen LogP contribution in [0.15, 0.2) is 24.4 Å². The summed E-state index contributed by atoms with van der Waals surface area (Å²) in [7, 11) is 1.50. The molecule has 0 atom stereocenters. The van der Waals surface area contributed by atoms with Crippen LogP contribution in [-0.4, -0.2) is 17.1 Å². The second-order valence-corrected chi connectivity index (χ2v) is 3.75. The Hall–Kier alpha value is -2.41. The number of nitrogens with one attached hydrogen (secondary N) is 1. The molecule has 2 rings (SSSR count). The highest BCUT2D eigenvalue weighted by Crippen LogP contribution is 2.32. The summed E-state index contributed by atoms with van der Waals surface area (Å²) in [6, 6.07) is 5.26. The predicted molar refractivity (Wildman–Crippen MR) is 67.6 cm³/mol. The van der Waals surface area contributed by atoms with E-state index >= 15 is 0 Å². The van der Waals surface area contributed by atoms with Crippen molar-refractivity contribution in [2.45, 2.75) is 6.92 Å². The number of ether oxygens (including phenoxy) is 2. The standard InChI is InChI=1S/C12H13FN4O2/c1-7-3-4-9(10(5-7)18-2)19-11-8(13)6-15-12(16-11)17-14/h3-6H,14H2,1-2H3,(H,15,16,17). The summed E-state index contributed by atoms with van der Waals surface area (Å²) in [6.07, 6.45) is 0.970. The molecule has 0 aliphatic carbocycles. The van der Waals surface area contributed by atoms with Gasteiger partial charge in [-0.25, -0.2) is 10.8 Å². The highest BCUT2D eigenvalue weighted by molar-refractivity contribution is 5.44. The molecule has 0 amide bonds. The van der Waals surface area contributed by atoms with E-state index < -0.39 is 5.82 Å². The first-order valence-electron chi connectivity index (χ1n) is 5.45.